The Kier molecular flexibility index (Phi) is 6.81. The molecule has 6 heteroatoms. The van der Waals surface area contributed by atoms with Gasteiger partial charge in [-0.05, 0) is 44.7 Å². The van der Waals surface area contributed by atoms with Crippen molar-refractivity contribution in [3.05, 3.63) is 0 Å². The molecule has 2 amide bonds. The monoisotopic (exact) mass is 297 g/mol. The fraction of sp³-hybridized carbons (Fsp3) is 0.800. The molecule has 0 radical (unpaired) electrons. The lowest BCUT2D eigenvalue weighted by Gasteiger charge is -2.31. The largest absolute Gasteiger partial charge is 0.370 e. The number of carbonyl (C=O) groups is 3. The van der Waals surface area contributed by atoms with E-state index in [4.69, 9.17) is 5.73 Å². The van der Waals surface area contributed by atoms with Gasteiger partial charge in [-0.25, -0.2) is 0 Å². The van der Waals surface area contributed by atoms with Gasteiger partial charge in [-0.3, -0.25) is 19.3 Å². The van der Waals surface area contributed by atoms with E-state index in [9.17, 15) is 14.4 Å². The third kappa shape index (κ3) is 6.25. The van der Waals surface area contributed by atoms with Crippen LogP contribution in [0.1, 0.15) is 40.0 Å². The molecule has 1 aliphatic heterocycles. The number of nitrogens with two attached hydrogens (primary N) is 1. The maximum atomic E-state index is 12.0. The molecule has 0 saturated carbocycles. The van der Waals surface area contributed by atoms with Gasteiger partial charge < -0.3 is 11.1 Å². The maximum absolute atomic E-state index is 12.0. The van der Waals surface area contributed by atoms with E-state index in [1.165, 1.54) is 6.92 Å². The van der Waals surface area contributed by atoms with Crippen LogP contribution in [0, 0.1) is 11.8 Å². The first-order chi connectivity index (χ1) is 9.79. The second-order valence-electron chi connectivity index (χ2n) is 6.29. The summed E-state index contributed by atoms with van der Waals surface area (Å²) >= 11 is 0. The van der Waals surface area contributed by atoms with Crippen LogP contribution in [-0.2, 0) is 14.4 Å². The highest BCUT2D eigenvalue weighted by Gasteiger charge is 2.24. The fourth-order valence-corrected chi connectivity index (χ4v) is 2.79. The van der Waals surface area contributed by atoms with Gasteiger partial charge in [0.05, 0.1) is 12.6 Å². The standard InChI is InChI=1S/C15H27N3O3/c1-10(2)15(11(3)19)17-14(21)9-18-6-4-12(5-7-18)8-13(16)20/h10,12,15H,4-9H2,1-3H3,(H2,16,20)(H,17,21). The summed E-state index contributed by atoms with van der Waals surface area (Å²) in [7, 11) is 0. The molecule has 1 fully saturated rings. The van der Waals surface area contributed by atoms with Crippen molar-refractivity contribution in [1.82, 2.24) is 10.2 Å². The molecule has 1 heterocycles. The Bertz CT molecular complexity index is 388. The van der Waals surface area contributed by atoms with Crippen molar-refractivity contribution in [2.75, 3.05) is 19.6 Å². The normalized spacial score (nSPS) is 18.5. The Morgan fingerprint density at radius 3 is 2.24 bits per heavy atom. The van der Waals surface area contributed by atoms with Crippen molar-refractivity contribution in [1.29, 1.82) is 0 Å². The average Bonchev–Trinajstić information content (AvgIpc) is 2.37. The molecule has 3 N–H and O–H groups in total. The van der Waals surface area contributed by atoms with Crippen molar-refractivity contribution in [2.24, 2.45) is 17.6 Å². The van der Waals surface area contributed by atoms with Crippen LogP contribution in [0.2, 0.25) is 0 Å². The number of carbonyl (C=O) groups excluding carboxylic acids is 3. The van der Waals surface area contributed by atoms with Gasteiger partial charge in [-0.2, -0.15) is 0 Å². The zero-order valence-corrected chi connectivity index (χ0v) is 13.2. The van der Waals surface area contributed by atoms with E-state index in [-0.39, 0.29) is 23.5 Å². The highest BCUT2D eigenvalue weighted by Crippen LogP contribution is 2.19. The minimum atomic E-state index is -0.412. The van der Waals surface area contributed by atoms with E-state index in [0.717, 1.165) is 25.9 Å². The molecule has 0 aromatic rings. The van der Waals surface area contributed by atoms with Gasteiger partial charge in [0.1, 0.15) is 0 Å². The van der Waals surface area contributed by atoms with Crippen LogP contribution in [0.3, 0.4) is 0 Å². The molecule has 0 aromatic carbocycles. The Labute approximate surface area is 126 Å². The number of hydrogen-bond acceptors (Lipinski definition) is 4. The van der Waals surface area contributed by atoms with Gasteiger partial charge in [0.25, 0.3) is 0 Å². The van der Waals surface area contributed by atoms with Crippen molar-refractivity contribution < 1.29 is 14.4 Å². The maximum Gasteiger partial charge on any atom is 0.234 e. The smallest absolute Gasteiger partial charge is 0.234 e. The topological polar surface area (TPSA) is 92.5 Å². The number of piperidine rings is 1. The first-order valence-corrected chi connectivity index (χ1v) is 7.60. The summed E-state index contributed by atoms with van der Waals surface area (Å²) in [6.07, 6.45) is 2.20. The number of nitrogens with zero attached hydrogens (tertiary/aromatic N) is 1. The van der Waals surface area contributed by atoms with Crippen LogP contribution in [0.15, 0.2) is 0 Å². The highest BCUT2D eigenvalue weighted by atomic mass is 16.2. The highest BCUT2D eigenvalue weighted by molar-refractivity contribution is 5.88. The number of likely N-dealkylation sites (tertiary alicyclic amines) is 1. The molecule has 21 heavy (non-hydrogen) atoms. The summed E-state index contributed by atoms with van der Waals surface area (Å²) < 4.78 is 0. The lowest BCUT2D eigenvalue weighted by Crippen LogP contribution is -2.48. The predicted octanol–water partition coefficient (Wildman–Crippen LogP) is 0.304. The second-order valence-corrected chi connectivity index (χ2v) is 6.29. The first-order valence-electron chi connectivity index (χ1n) is 7.60. The van der Waals surface area contributed by atoms with E-state index < -0.39 is 6.04 Å². The van der Waals surface area contributed by atoms with Crippen LogP contribution in [0.25, 0.3) is 0 Å². The molecule has 0 aromatic heterocycles. The summed E-state index contributed by atoms with van der Waals surface area (Å²) in [6, 6.07) is -0.412. The number of ketones is 1. The number of nitrogens with one attached hydrogen (secondary N) is 1. The molecule has 0 spiro atoms. The third-order valence-corrected chi connectivity index (χ3v) is 3.99. The Balaban J connectivity index is 2.36. The number of primary amides is 1. The molecule has 1 rings (SSSR count). The lowest BCUT2D eigenvalue weighted by molar-refractivity contribution is -0.128. The molecule has 1 unspecified atom stereocenters. The summed E-state index contributed by atoms with van der Waals surface area (Å²) in [5.74, 6) is 0.0402. The third-order valence-electron chi connectivity index (χ3n) is 3.99. The molecule has 6 nitrogen and oxygen atoms in total. The van der Waals surface area contributed by atoms with Gasteiger partial charge in [-0.1, -0.05) is 13.8 Å². The molecule has 1 saturated heterocycles. The number of Topliss-reactive ketones (excluding diaryl/α,β-unsaturated/α-hetero) is 1. The Morgan fingerprint density at radius 2 is 1.81 bits per heavy atom. The molecule has 0 bridgehead atoms. The molecule has 1 aliphatic rings. The molecule has 1 atom stereocenters. The average molecular weight is 297 g/mol. The molecular formula is C15H27N3O3. The number of amides is 2. The minimum absolute atomic E-state index is 0.0153. The SMILES string of the molecule is CC(=O)C(NC(=O)CN1CCC(CC(N)=O)CC1)C(C)C. The van der Waals surface area contributed by atoms with Crippen LogP contribution < -0.4 is 11.1 Å². The summed E-state index contributed by atoms with van der Waals surface area (Å²) in [4.78, 5) is 36.4. The summed E-state index contributed by atoms with van der Waals surface area (Å²) in [6.45, 7) is 7.22. The van der Waals surface area contributed by atoms with Gasteiger partial charge in [-0.15, -0.1) is 0 Å². The summed E-state index contributed by atoms with van der Waals surface area (Å²) in [5, 5.41) is 2.80. The van der Waals surface area contributed by atoms with Crippen LogP contribution in [0.5, 0.6) is 0 Å². The van der Waals surface area contributed by atoms with Gasteiger partial charge in [0.2, 0.25) is 11.8 Å². The second kappa shape index (κ2) is 8.12. The predicted molar refractivity (Wildman–Crippen MR) is 80.4 cm³/mol. The zero-order chi connectivity index (χ0) is 16.0. The van der Waals surface area contributed by atoms with Crippen molar-refractivity contribution in [3.8, 4) is 0 Å². The van der Waals surface area contributed by atoms with E-state index in [2.05, 4.69) is 10.2 Å². The van der Waals surface area contributed by atoms with E-state index in [1.807, 2.05) is 13.8 Å². The fourth-order valence-electron chi connectivity index (χ4n) is 2.79. The Hall–Kier alpha value is -1.43. The summed E-state index contributed by atoms with van der Waals surface area (Å²) in [5.41, 5.74) is 5.20. The molecule has 0 aliphatic carbocycles. The molecular weight excluding hydrogens is 270 g/mol. The van der Waals surface area contributed by atoms with E-state index in [1.54, 1.807) is 0 Å². The molecule has 120 valence electrons. The van der Waals surface area contributed by atoms with E-state index >= 15 is 0 Å². The van der Waals surface area contributed by atoms with Crippen molar-refractivity contribution in [2.45, 2.75) is 46.1 Å². The van der Waals surface area contributed by atoms with Gasteiger partial charge in [0.15, 0.2) is 5.78 Å². The number of hydrogen-bond donors (Lipinski definition) is 2. The van der Waals surface area contributed by atoms with Gasteiger partial charge >= 0.3 is 0 Å². The van der Waals surface area contributed by atoms with Crippen LogP contribution in [0.4, 0.5) is 0 Å². The van der Waals surface area contributed by atoms with Crippen molar-refractivity contribution in [3.63, 3.8) is 0 Å². The van der Waals surface area contributed by atoms with E-state index in [0.29, 0.717) is 18.9 Å². The minimum Gasteiger partial charge on any atom is -0.370 e. The zero-order valence-electron chi connectivity index (χ0n) is 13.2. The van der Waals surface area contributed by atoms with Crippen LogP contribution >= 0.6 is 0 Å². The van der Waals surface area contributed by atoms with Crippen LogP contribution in [-0.4, -0.2) is 48.2 Å². The van der Waals surface area contributed by atoms with Crippen molar-refractivity contribution >= 4 is 17.6 Å². The van der Waals surface area contributed by atoms with Gasteiger partial charge in [0, 0.05) is 6.42 Å². The number of rotatable bonds is 7. The lowest BCUT2D eigenvalue weighted by atomic mass is 9.93. The quantitative estimate of drug-likeness (QED) is 0.707. The Morgan fingerprint density at radius 1 is 1.24 bits per heavy atom. The first kappa shape index (κ1) is 17.6.